The lowest BCUT2D eigenvalue weighted by Gasteiger charge is -2.37. The number of ether oxygens (including phenoxy) is 4. The zero-order valence-corrected chi connectivity index (χ0v) is 10.8. The van der Waals surface area contributed by atoms with Crippen molar-refractivity contribution in [3.63, 3.8) is 0 Å². The Labute approximate surface area is 109 Å². The van der Waals surface area contributed by atoms with Crippen molar-refractivity contribution in [1.82, 2.24) is 0 Å². The predicted octanol–water partition coefficient (Wildman–Crippen LogP) is -0.870. The minimum atomic E-state index is -1.44. The van der Waals surface area contributed by atoms with Crippen LogP contribution < -0.4 is 0 Å². The molecule has 0 saturated carbocycles. The van der Waals surface area contributed by atoms with Crippen molar-refractivity contribution in [2.24, 2.45) is 0 Å². The lowest BCUT2D eigenvalue weighted by atomic mass is 10.0. The number of aliphatic hydroxyl groups excluding tert-OH is 1. The molecule has 0 radical (unpaired) electrons. The summed E-state index contributed by atoms with van der Waals surface area (Å²) < 4.78 is 19.6. The molecule has 4 atom stereocenters. The molecule has 1 aliphatic rings. The summed E-state index contributed by atoms with van der Waals surface area (Å²) >= 11 is 0. The highest BCUT2D eigenvalue weighted by atomic mass is 16.7. The van der Waals surface area contributed by atoms with Crippen molar-refractivity contribution >= 4 is 17.9 Å². The highest BCUT2D eigenvalue weighted by Crippen LogP contribution is 2.22. The second-order valence-electron chi connectivity index (χ2n) is 4.02. The molecule has 8 nitrogen and oxygen atoms in total. The molecule has 0 aliphatic carbocycles. The molecule has 1 saturated heterocycles. The quantitative estimate of drug-likeness (QED) is 0.523. The fourth-order valence-electron chi connectivity index (χ4n) is 1.68. The SMILES string of the molecule is CC(=O)O[C@@H]1OC[C@H](OC(C)=O)[C@@H](OC(C)=O)[C@H]1O. The molecule has 0 aromatic heterocycles. The summed E-state index contributed by atoms with van der Waals surface area (Å²) in [6.45, 7) is 3.31. The van der Waals surface area contributed by atoms with Crippen molar-refractivity contribution in [2.75, 3.05) is 6.61 Å². The van der Waals surface area contributed by atoms with E-state index in [1.165, 1.54) is 6.92 Å². The van der Waals surface area contributed by atoms with Gasteiger partial charge in [-0.1, -0.05) is 0 Å². The Kier molecular flexibility index (Phi) is 5.25. The molecule has 0 amide bonds. The van der Waals surface area contributed by atoms with Crippen LogP contribution in [0.15, 0.2) is 0 Å². The first-order chi connectivity index (χ1) is 8.81. The van der Waals surface area contributed by atoms with Crippen LogP contribution in [0.25, 0.3) is 0 Å². The third-order valence-corrected chi connectivity index (χ3v) is 2.31. The number of hydrogen-bond donors (Lipinski definition) is 1. The van der Waals surface area contributed by atoms with Crippen LogP contribution in [-0.4, -0.2) is 54.2 Å². The van der Waals surface area contributed by atoms with Crippen LogP contribution in [0.5, 0.6) is 0 Å². The van der Waals surface area contributed by atoms with Crippen LogP contribution in [0.1, 0.15) is 20.8 Å². The highest BCUT2D eigenvalue weighted by molar-refractivity contribution is 5.67. The Balaban J connectivity index is 2.79. The molecule has 0 unspecified atom stereocenters. The largest absolute Gasteiger partial charge is 0.456 e. The molecule has 1 fully saturated rings. The van der Waals surface area contributed by atoms with Gasteiger partial charge in [0.25, 0.3) is 0 Å². The van der Waals surface area contributed by atoms with E-state index in [1.54, 1.807) is 0 Å². The minimum absolute atomic E-state index is 0.160. The molecule has 1 heterocycles. The second kappa shape index (κ2) is 6.48. The summed E-state index contributed by atoms with van der Waals surface area (Å²) in [4.78, 5) is 32.8. The van der Waals surface area contributed by atoms with Crippen molar-refractivity contribution < 1.29 is 38.4 Å². The van der Waals surface area contributed by atoms with Gasteiger partial charge in [-0.05, 0) is 0 Å². The zero-order valence-electron chi connectivity index (χ0n) is 10.8. The predicted molar refractivity (Wildman–Crippen MR) is 58.6 cm³/mol. The van der Waals surface area contributed by atoms with E-state index in [1.807, 2.05) is 0 Å². The van der Waals surface area contributed by atoms with Crippen molar-refractivity contribution in [3.05, 3.63) is 0 Å². The van der Waals surface area contributed by atoms with Crippen molar-refractivity contribution in [1.29, 1.82) is 0 Å². The smallest absolute Gasteiger partial charge is 0.305 e. The fraction of sp³-hybridized carbons (Fsp3) is 0.727. The van der Waals surface area contributed by atoms with E-state index in [-0.39, 0.29) is 6.61 Å². The molecule has 108 valence electrons. The first-order valence-electron chi connectivity index (χ1n) is 5.62. The average Bonchev–Trinajstić information content (AvgIpc) is 2.26. The summed E-state index contributed by atoms with van der Waals surface area (Å²) in [5.74, 6) is -1.93. The number of rotatable bonds is 3. The van der Waals surface area contributed by atoms with E-state index in [4.69, 9.17) is 18.9 Å². The van der Waals surface area contributed by atoms with E-state index >= 15 is 0 Å². The summed E-state index contributed by atoms with van der Waals surface area (Å²) in [6, 6.07) is 0. The van der Waals surface area contributed by atoms with E-state index < -0.39 is 42.5 Å². The van der Waals surface area contributed by atoms with E-state index in [9.17, 15) is 19.5 Å². The molecule has 19 heavy (non-hydrogen) atoms. The number of carbonyl (C=O) groups is 3. The summed E-state index contributed by atoms with van der Waals surface area (Å²) in [5.41, 5.74) is 0. The van der Waals surface area contributed by atoms with Gasteiger partial charge in [0.1, 0.15) is 0 Å². The molecular weight excluding hydrogens is 260 g/mol. The lowest BCUT2D eigenvalue weighted by molar-refractivity contribution is -0.269. The number of esters is 3. The normalized spacial score (nSPS) is 30.3. The summed E-state index contributed by atoms with van der Waals surface area (Å²) in [7, 11) is 0. The third-order valence-electron chi connectivity index (χ3n) is 2.31. The Hall–Kier alpha value is -1.67. The maximum absolute atomic E-state index is 11.0. The molecule has 0 aromatic carbocycles. The maximum Gasteiger partial charge on any atom is 0.305 e. The van der Waals surface area contributed by atoms with Crippen LogP contribution >= 0.6 is 0 Å². The Morgan fingerprint density at radius 3 is 2.00 bits per heavy atom. The van der Waals surface area contributed by atoms with Gasteiger partial charge >= 0.3 is 17.9 Å². The van der Waals surface area contributed by atoms with Gasteiger partial charge in [0.15, 0.2) is 18.3 Å². The molecular formula is C11H16O8. The molecule has 1 aliphatic heterocycles. The first-order valence-corrected chi connectivity index (χ1v) is 5.62. The summed E-state index contributed by atoms with van der Waals surface area (Å²) in [5, 5.41) is 9.94. The molecule has 0 bridgehead atoms. The molecule has 0 spiro atoms. The van der Waals surface area contributed by atoms with Crippen molar-refractivity contribution in [2.45, 2.75) is 45.4 Å². The number of aliphatic hydroxyl groups is 1. The maximum atomic E-state index is 11.0. The van der Waals surface area contributed by atoms with Gasteiger partial charge in [-0.25, -0.2) is 0 Å². The van der Waals surface area contributed by atoms with Gasteiger partial charge < -0.3 is 24.1 Å². The first kappa shape index (κ1) is 15.4. The van der Waals surface area contributed by atoms with E-state index in [2.05, 4.69) is 0 Å². The molecule has 1 rings (SSSR count). The third kappa shape index (κ3) is 4.49. The average molecular weight is 276 g/mol. The Morgan fingerprint density at radius 1 is 1.00 bits per heavy atom. The van der Waals surface area contributed by atoms with Crippen LogP contribution in [0, 0.1) is 0 Å². The molecule has 0 aromatic rings. The topological polar surface area (TPSA) is 108 Å². The Morgan fingerprint density at radius 2 is 1.53 bits per heavy atom. The monoisotopic (exact) mass is 276 g/mol. The number of hydrogen-bond acceptors (Lipinski definition) is 8. The zero-order chi connectivity index (χ0) is 14.6. The van der Waals surface area contributed by atoms with Gasteiger partial charge in [-0.15, -0.1) is 0 Å². The van der Waals surface area contributed by atoms with Crippen LogP contribution in [0.4, 0.5) is 0 Å². The van der Waals surface area contributed by atoms with Gasteiger partial charge in [0, 0.05) is 20.8 Å². The van der Waals surface area contributed by atoms with E-state index in [0.717, 1.165) is 13.8 Å². The summed E-state index contributed by atoms with van der Waals surface area (Å²) in [6.07, 6.45) is -4.82. The van der Waals surface area contributed by atoms with Gasteiger partial charge in [-0.3, -0.25) is 14.4 Å². The van der Waals surface area contributed by atoms with Gasteiger partial charge in [0.2, 0.25) is 6.29 Å². The minimum Gasteiger partial charge on any atom is -0.456 e. The van der Waals surface area contributed by atoms with Crippen LogP contribution in [0.3, 0.4) is 0 Å². The van der Waals surface area contributed by atoms with E-state index in [0.29, 0.717) is 0 Å². The second-order valence-corrected chi connectivity index (χ2v) is 4.02. The molecule has 1 N–H and O–H groups in total. The number of carbonyl (C=O) groups excluding carboxylic acids is 3. The standard InChI is InChI=1S/C11H16O8/c1-5(12)17-8-4-16-11(19-7(3)14)9(15)10(8)18-6(2)13/h8-11,15H,4H2,1-3H3/t8-,9+,10+,11-/m0/s1. The lowest BCUT2D eigenvalue weighted by Crippen LogP contribution is -2.56. The fourth-order valence-corrected chi connectivity index (χ4v) is 1.68. The van der Waals surface area contributed by atoms with Gasteiger partial charge in [0.05, 0.1) is 6.61 Å². The highest BCUT2D eigenvalue weighted by Gasteiger charge is 2.45. The van der Waals surface area contributed by atoms with Crippen LogP contribution in [0.2, 0.25) is 0 Å². The molecule has 8 heteroatoms. The van der Waals surface area contributed by atoms with Gasteiger partial charge in [-0.2, -0.15) is 0 Å². The Bertz CT molecular complexity index is 366. The van der Waals surface area contributed by atoms with Crippen molar-refractivity contribution in [3.8, 4) is 0 Å². The van der Waals surface area contributed by atoms with Crippen LogP contribution in [-0.2, 0) is 33.3 Å².